The highest BCUT2D eigenvalue weighted by atomic mass is 35.5. The van der Waals surface area contributed by atoms with Crippen LogP contribution in [0.1, 0.15) is 5.56 Å². The van der Waals surface area contributed by atoms with Crippen LogP contribution in [0.2, 0.25) is 5.02 Å². The smallest absolute Gasteiger partial charge is 0.0874 e. The average molecular weight is 279 g/mol. The van der Waals surface area contributed by atoms with Gasteiger partial charge in [-0.1, -0.05) is 11.6 Å². The second-order valence-electron chi connectivity index (χ2n) is 4.57. The lowest BCUT2D eigenvalue weighted by Crippen LogP contribution is -2.42. The molecule has 0 bridgehead atoms. The summed E-state index contributed by atoms with van der Waals surface area (Å²) in [5.74, 6) is 0. The largest absolute Gasteiger partial charge is 0.379 e. The van der Waals surface area contributed by atoms with Gasteiger partial charge in [-0.2, -0.15) is 15.0 Å². The van der Waals surface area contributed by atoms with E-state index in [1.165, 1.54) is 0 Å². The summed E-state index contributed by atoms with van der Waals surface area (Å²) < 4.78 is 5.46. The van der Waals surface area contributed by atoms with Crippen molar-refractivity contribution in [2.75, 3.05) is 19.8 Å². The number of rotatable bonds is 3. The van der Waals surface area contributed by atoms with E-state index in [1.54, 1.807) is 17.2 Å². The van der Waals surface area contributed by atoms with E-state index in [0.29, 0.717) is 11.1 Å². The molecule has 1 aromatic carbocycles. The van der Waals surface area contributed by atoms with Crippen molar-refractivity contribution in [3.8, 4) is 5.69 Å². The zero-order valence-corrected chi connectivity index (χ0v) is 11.2. The van der Waals surface area contributed by atoms with Crippen molar-refractivity contribution in [2.24, 2.45) is 0 Å². The molecule has 0 unspecified atom stereocenters. The first-order valence-electron chi connectivity index (χ1n) is 6.28. The van der Waals surface area contributed by atoms with E-state index in [2.05, 4.69) is 21.6 Å². The topological polar surface area (TPSA) is 52.0 Å². The highest BCUT2D eigenvalue weighted by Crippen LogP contribution is 2.19. The molecule has 1 saturated heterocycles. The van der Waals surface area contributed by atoms with Crippen LogP contribution < -0.4 is 5.32 Å². The van der Waals surface area contributed by atoms with Crippen molar-refractivity contribution in [3.63, 3.8) is 0 Å². The van der Waals surface area contributed by atoms with E-state index in [9.17, 15) is 0 Å². The van der Waals surface area contributed by atoms with Crippen LogP contribution in [0.15, 0.2) is 30.6 Å². The molecule has 3 rings (SSSR count). The molecule has 0 radical (unpaired) electrons. The molecule has 0 spiro atoms. The van der Waals surface area contributed by atoms with Gasteiger partial charge in [0.05, 0.1) is 31.3 Å². The lowest BCUT2D eigenvalue weighted by molar-refractivity contribution is 0.0770. The molecule has 0 amide bonds. The fourth-order valence-electron chi connectivity index (χ4n) is 2.25. The molecule has 2 heterocycles. The van der Waals surface area contributed by atoms with Crippen LogP contribution in [0.25, 0.3) is 5.69 Å². The number of morpholine rings is 1. The highest BCUT2D eigenvalue weighted by Gasteiger charge is 2.14. The zero-order valence-electron chi connectivity index (χ0n) is 10.4. The first-order chi connectivity index (χ1) is 9.31. The minimum atomic E-state index is 0.339. The van der Waals surface area contributed by atoms with Crippen molar-refractivity contribution >= 4 is 11.6 Å². The lowest BCUT2D eigenvalue weighted by Gasteiger charge is -2.24. The Kier molecular flexibility index (Phi) is 3.77. The number of nitrogens with zero attached hydrogens (tertiary/aromatic N) is 3. The van der Waals surface area contributed by atoms with Gasteiger partial charge in [0.25, 0.3) is 0 Å². The Bertz CT molecular complexity index is 538. The molecule has 19 heavy (non-hydrogen) atoms. The maximum absolute atomic E-state index is 6.16. The van der Waals surface area contributed by atoms with E-state index in [4.69, 9.17) is 16.3 Å². The van der Waals surface area contributed by atoms with E-state index in [1.807, 2.05) is 12.1 Å². The summed E-state index contributed by atoms with van der Waals surface area (Å²) in [6.45, 7) is 2.43. The van der Waals surface area contributed by atoms with Gasteiger partial charge in [0.2, 0.25) is 0 Å². The molecule has 1 atom stereocenters. The van der Waals surface area contributed by atoms with Crippen LogP contribution in [0.5, 0.6) is 0 Å². The number of benzene rings is 1. The first-order valence-corrected chi connectivity index (χ1v) is 6.66. The molecule has 5 nitrogen and oxygen atoms in total. The average Bonchev–Trinajstić information content (AvgIpc) is 2.93. The Balaban J connectivity index is 1.81. The van der Waals surface area contributed by atoms with Crippen LogP contribution in [0.3, 0.4) is 0 Å². The minimum absolute atomic E-state index is 0.339. The predicted octanol–water partition coefficient (Wildman–Crippen LogP) is 1.45. The summed E-state index contributed by atoms with van der Waals surface area (Å²) in [6.07, 6.45) is 4.18. The Hall–Kier alpha value is -1.43. The molecular formula is C13H15ClN4O. The predicted molar refractivity (Wildman–Crippen MR) is 72.7 cm³/mol. The molecule has 1 N–H and O–H groups in total. The van der Waals surface area contributed by atoms with Gasteiger partial charge < -0.3 is 10.1 Å². The molecule has 2 aromatic rings. The van der Waals surface area contributed by atoms with Crippen LogP contribution in [-0.4, -0.2) is 40.8 Å². The van der Waals surface area contributed by atoms with Crippen molar-refractivity contribution in [1.29, 1.82) is 0 Å². The Morgan fingerprint density at radius 1 is 1.32 bits per heavy atom. The Labute approximate surface area is 116 Å². The molecule has 0 saturated carbocycles. The third kappa shape index (κ3) is 3.12. The fourth-order valence-corrected chi connectivity index (χ4v) is 2.50. The van der Waals surface area contributed by atoms with Gasteiger partial charge in [0.1, 0.15) is 0 Å². The highest BCUT2D eigenvalue weighted by molar-refractivity contribution is 6.30. The number of ether oxygens (including phenoxy) is 1. The summed E-state index contributed by atoms with van der Waals surface area (Å²) in [7, 11) is 0. The quantitative estimate of drug-likeness (QED) is 0.923. The molecule has 1 fully saturated rings. The number of halogens is 1. The van der Waals surface area contributed by atoms with Gasteiger partial charge in [-0.05, 0) is 30.2 Å². The summed E-state index contributed by atoms with van der Waals surface area (Å²) in [5, 5.41) is 12.4. The third-order valence-corrected chi connectivity index (χ3v) is 3.29. The SMILES string of the molecule is Clc1cc(C[C@@H]2COCCN2)cc(-n2nccn2)c1. The Morgan fingerprint density at radius 3 is 2.89 bits per heavy atom. The maximum Gasteiger partial charge on any atom is 0.0874 e. The summed E-state index contributed by atoms with van der Waals surface area (Å²) >= 11 is 6.16. The van der Waals surface area contributed by atoms with Crippen molar-refractivity contribution in [1.82, 2.24) is 20.3 Å². The molecular weight excluding hydrogens is 264 g/mol. The molecule has 100 valence electrons. The van der Waals surface area contributed by atoms with E-state index >= 15 is 0 Å². The van der Waals surface area contributed by atoms with Gasteiger partial charge >= 0.3 is 0 Å². The van der Waals surface area contributed by atoms with E-state index in [0.717, 1.165) is 37.4 Å². The molecule has 1 aliphatic rings. The molecule has 0 aliphatic carbocycles. The van der Waals surface area contributed by atoms with Crippen molar-refractivity contribution in [2.45, 2.75) is 12.5 Å². The Morgan fingerprint density at radius 2 is 2.16 bits per heavy atom. The first kappa shape index (κ1) is 12.6. The van der Waals surface area contributed by atoms with Gasteiger partial charge in [-0.25, -0.2) is 0 Å². The van der Waals surface area contributed by atoms with Crippen LogP contribution in [0, 0.1) is 0 Å². The normalized spacial score (nSPS) is 19.5. The van der Waals surface area contributed by atoms with Gasteiger partial charge in [-0.3, -0.25) is 0 Å². The number of hydrogen-bond acceptors (Lipinski definition) is 4. The second-order valence-corrected chi connectivity index (χ2v) is 5.00. The van der Waals surface area contributed by atoms with Crippen molar-refractivity contribution < 1.29 is 4.74 Å². The summed E-state index contributed by atoms with van der Waals surface area (Å²) in [6, 6.07) is 6.23. The zero-order chi connectivity index (χ0) is 13.1. The summed E-state index contributed by atoms with van der Waals surface area (Å²) in [5.41, 5.74) is 2.03. The van der Waals surface area contributed by atoms with Crippen molar-refractivity contribution in [3.05, 3.63) is 41.2 Å². The minimum Gasteiger partial charge on any atom is -0.379 e. The van der Waals surface area contributed by atoms with Crippen LogP contribution in [-0.2, 0) is 11.2 Å². The van der Waals surface area contributed by atoms with Gasteiger partial charge in [-0.15, -0.1) is 0 Å². The fraction of sp³-hybridized carbons (Fsp3) is 0.385. The monoisotopic (exact) mass is 278 g/mol. The third-order valence-electron chi connectivity index (χ3n) is 3.07. The molecule has 1 aromatic heterocycles. The van der Waals surface area contributed by atoms with E-state index in [-0.39, 0.29) is 0 Å². The van der Waals surface area contributed by atoms with Gasteiger partial charge in [0.15, 0.2) is 0 Å². The lowest BCUT2D eigenvalue weighted by atomic mass is 10.1. The second kappa shape index (κ2) is 5.69. The van der Waals surface area contributed by atoms with Crippen LogP contribution >= 0.6 is 11.6 Å². The summed E-state index contributed by atoms with van der Waals surface area (Å²) in [4.78, 5) is 1.57. The van der Waals surface area contributed by atoms with E-state index < -0.39 is 0 Å². The number of hydrogen-bond donors (Lipinski definition) is 1. The molecule has 1 aliphatic heterocycles. The van der Waals surface area contributed by atoms with Gasteiger partial charge in [0, 0.05) is 17.6 Å². The van der Waals surface area contributed by atoms with Crippen LogP contribution in [0.4, 0.5) is 0 Å². The number of nitrogens with one attached hydrogen (secondary N) is 1. The maximum atomic E-state index is 6.16. The molecule has 6 heteroatoms. The standard InChI is InChI=1S/C13H15ClN4O/c14-11-5-10(6-12-9-19-4-3-15-12)7-13(8-11)18-16-1-2-17-18/h1-2,5,7-8,12,15H,3-4,6,9H2/t12-/m1/s1. The number of aromatic nitrogens is 3.